The highest BCUT2D eigenvalue weighted by molar-refractivity contribution is 6.09. The Kier molecular flexibility index (Phi) is 7.17. The van der Waals surface area contributed by atoms with Crippen molar-refractivity contribution in [2.24, 2.45) is 5.41 Å². The molecule has 1 aliphatic rings. The fourth-order valence-electron chi connectivity index (χ4n) is 2.72. The zero-order valence-electron chi connectivity index (χ0n) is 16.3. The van der Waals surface area contributed by atoms with Crippen LogP contribution >= 0.6 is 0 Å². The molecule has 2 rings (SSSR count). The maximum absolute atomic E-state index is 12.6. The molecule has 144 valence electrons. The highest BCUT2D eigenvalue weighted by atomic mass is 16.5. The van der Waals surface area contributed by atoms with Crippen molar-refractivity contribution in [3.8, 4) is 0 Å². The molecular weight excluding hydrogens is 330 g/mol. The van der Waals surface area contributed by atoms with Crippen molar-refractivity contribution in [3.63, 3.8) is 0 Å². The number of ether oxygens (including phenoxy) is 1. The zero-order chi connectivity index (χ0) is 19.2. The van der Waals surface area contributed by atoms with Gasteiger partial charge in [-0.25, -0.2) is 0 Å². The Bertz CT molecular complexity index is 605. The lowest BCUT2D eigenvalue weighted by Gasteiger charge is -2.27. The van der Waals surface area contributed by atoms with Crippen LogP contribution in [-0.2, 0) is 14.3 Å². The number of morpholine rings is 1. The lowest BCUT2D eigenvalue weighted by atomic mass is 9.91. The molecule has 26 heavy (non-hydrogen) atoms. The topological polar surface area (TPSA) is 70.7 Å². The van der Waals surface area contributed by atoms with E-state index in [0.29, 0.717) is 18.2 Å². The standard InChI is InChI=1S/C20H31N3O3/c1-15(2)16-5-7-17(8-6-16)22-19(25)20(3,4)18(24)21-9-10-23-11-13-26-14-12-23/h5-8,15H,9-14H2,1-4H3,(H,21,24)(H,22,25). The second kappa shape index (κ2) is 9.14. The quantitative estimate of drug-likeness (QED) is 0.731. The third kappa shape index (κ3) is 5.54. The SMILES string of the molecule is CC(C)c1ccc(NC(=O)C(C)(C)C(=O)NCCN2CCOCC2)cc1. The molecule has 2 amide bonds. The third-order valence-electron chi connectivity index (χ3n) is 4.79. The average molecular weight is 361 g/mol. The maximum Gasteiger partial charge on any atom is 0.239 e. The second-order valence-corrected chi connectivity index (χ2v) is 7.57. The first kappa shape index (κ1) is 20.4. The molecule has 1 saturated heterocycles. The Morgan fingerprint density at radius 2 is 1.73 bits per heavy atom. The summed E-state index contributed by atoms with van der Waals surface area (Å²) >= 11 is 0. The van der Waals surface area contributed by atoms with Gasteiger partial charge in [0.25, 0.3) is 0 Å². The number of carbonyl (C=O) groups is 2. The third-order valence-corrected chi connectivity index (χ3v) is 4.79. The Morgan fingerprint density at radius 1 is 1.12 bits per heavy atom. The molecule has 0 aliphatic carbocycles. The summed E-state index contributed by atoms with van der Waals surface area (Å²) < 4.78 is 5.31. The smallest absolute Gasteiger partial charge is 0.239 e. The number of rotatable bonds is 7. The molecule has 2 N–H and O–H groups in total. The van der Waals surface area contributed by atoms with E-state index in [4.69, 9.17) is 4.74 Å². The van der Waals surface area contributed by atoms with Crippen molar-refractivity contribution in [3.05, 3.63) is 29.8 Å². The van der Waals surface area contributed by atoms with Crippen molar-refractivity contribution < 1.29 is 14.3 Å². The van der Waals surface area contributed by atoms with E-state index >= 15 is 0 Å². The molecule has 1 aromatic carbocycles. The van der Waals surface area contributed by atoms with Crippen LogP contribution in [0.4, 0.5) is 5.69 Å². The molecule has 1 aliphatic heterocycles. The number of nitrogens with zero attached hydrogens (tertiary/aromatic N) is 1. The number of amides is 2. The summed E-state index contributed by atoms with van der Waals surface area (Å²) in [6.07, 6.45) is 0. The summed E-state index contributed by atoms with van der Waals surface area (Å²) in [5.74, 6) is -0.130. The van der Waals surface area contributed by atoms with Gasteiger partial charge >= 0.3 is 0 Å². The van der Waals surface area contributed by atoms with Crippen LogP contribution in [0.15, 0.2) is 24.3 Å². The minimum atomic E-state index is -1.14. The van der Waals surface area contributed by atoms with Gasteiger partial charge in [-0.2, -0.15) is 0 Å². The van der Waals surface area contributed by atoms with E-state index in [1.807, 2.05) is 24.3 Å². The highest BCUT2D eigenvalue weighted by Crippen LogP contribution is 2.21. The first-order valence-corrected chi connectivity index (χ1v) is 9.30. The van der Waals surface area contributed by atoms with E-state index in [0.717, 1.165) is 32.8 Å². The number of nitrogens with one attached hydrogen (secondary N) is 2. The summed E-state index contributed by atoms with van der Waals surface area (Å²) in [4.78, 5) is 27.3. The van der Waals surface area contributed by atoms with Crippen molar-refractivity contribution >= 4 is 17.5 Å². The van der Waals surface area contributed by atoms with E-state index in [2.05, 4.69) is 29.4 Å². The molecule has 0 spiro atoms. The lowest BCUT2D eigenvalue weighted by Crippen LogP contribution is -2.48. The van der Waals surface area contributed by atoms with Crippen LogP contribution in [0.1, 0.15) is 39.2 Å². The van der Waals surface area contributed by atoms with E-state index in [9.17, 15) is 9.59 Å². The zero-order valence-corrected chi connectivity index (χ0v) is 16.3. The molecule has 0 aromatic heterocycles. The minimum Gasteiger partial charge on any atom is -0.379 e. The number of carbonyl (C=O) groups excluding carboxylic acids is 2. The Hall–Kier alpha value is -1.92. The molecular formula is C20H31N3O3. The molecule has 6 nitrogen and oxygen atoms in total. The van der Waals surface area contributed by atoms with Crippen LogP contribution in [0.25, 0.3) is 0 Å². The highest BCUT2D eigenvalue weighted by Gasteiger charge is 2.36. The van der Waals surface area contributed by atoms with Gasteiger partial charge in [0.15, 0.2) is 0 Å². The minimum absolute atomic E-state index is 0.262. The Balaban J connectivity index is 1.84. The summed E-state index contributed by atoms with van der Waals surface area (Å²) in [6.45, 7) is 12.1. The Morgan fingerprint density at radius 3 is 2.31 bits per heavy atom. The van der Waals surface area contributed by atoms with Gasteiger partial charge in [0.1, 0.15) is 5.41 Å². The van der Waals surface area contributed by atoms with Gasteiger partial charge in [-0.1, -0.05) is 26.0 Å². The predicted molar refractivity (Wildman–Crippen MR) is 103 cm³/mol. The molecule has 1 heterocycles. The molecule has 1 aromatic rings. The van der Waals surface area contributed by atoms with Gasteiger partial charge in [-0.05, 0) is 37.5 Å². The number of hydrogen-bond acceptors (Lipinski definition) is 4. The summed E-state index contributed by atoms with van der Waals surface area (Å²) in [5, 5.41) is 5.72. The van der Waals surface area contributed by atoms with Gasteiger partial charge in [0, 0.05) is 31.9 Å². The monoisotopic (exact) mass is 361 g/mol. The van der Waals surface area contributed by atoms with Crippen LogP contribution < -0.4 is 10.6 Å². The van der Waals surface area contributed by atoms with Gasteiger partial charge in [-0.15, -0.1) is 0 Å². The average Bonchev–Trinajstić information content (AvgIpc) is 2.62. The lowest BCUT2D eigenvalue weighted by molar-refractivity contribution is -0.138. The van der Waals surface area contributed by atoms with Crippen molar-refractivity contribution in [1.29, 1.82) is 0 Å². The van der Waals surface area contributed by atoms with Crippen molar-refractivity contribution in [2.45, 2.75) is 33.6 Å². The molecule has 6 heteroatoms. The van der Waals surface area contributed by atoms with Gasteiger partial charge < -0.3 is 15.4 Å². The maximum atomic E-state index is 12.6. The summed E-state index contributed by atoms with van der Waals surface area (Å²) in [7, 11) is 0. The Labute approximate surface area is 156 Å². The van der Waals surface area contributed by atoms with Crippen molar-refractivity contribution in [2.75, 3.05) is 44.7 Å². The van der Waals surface area contributed by atoms with Crippen LogP contribution in [-0.4, -0.2) is 56.1 Å². The second-order valence-electron chi connectivity index (χ2n) is 7.57. The van der Waals surface area contributed by atoms with Gasteiger partial charge in [-0.3, -0.25) is 14.5 Å². The van der Waals surface area contributed by atoms with Crippen molar-refractivity contribution in [1.82, 2.24) is 10.2 Å². The number of benzene rings is 1. The molecule has 0 saturated carbocycles. The van der Waals surface area contributed by atoms with Crippen LogP contribution in [0.5, 0.6) is 0 Å². The van der Waals surface area contributed by atoms with Gasteiger partial charge in [0.2, 0.25) is 11.8 Å². The number of hydrogen-bond donors (Lipinski definition) is 2. The van der Waals surface area contributed by atoms with E-state index in [-0.39, 0.29) is 11.8 Å². The number of anilines is 1. The first-order chi connectivity index (χ1) is 12.3. The fraction of sp³-hybridized carbons (Fsp3) is 0.600. The fourth-order valence-corrected chi connectivity index (χ4v) is 2.72. The van der Waals surface area contributed by atoms with Crippen LogP contribution in [0.3, 0.4) is 0 Å². The molecule has 0 unspecified atom stereocenters. The van der Waals surface area contributed by atoms with Crippen LogP contribution in [0.2, 0.25) is 0 Å². The predicted octanol–water partition coefficient (Wildman–Crippen LogP) is 2.22. The molecule has 0 atom stereocenters. The summed E-state index contributed by atoms with van der Waals surface area (Å²) in [6, 6.07) is 7.74. The van der Waals surface area contributed by atoms with E-state index in [1.165, 1.54) is 5.56 Å². The molecule has 0 bridgehead atoms. The van der Waals surface area contributed by atoms with Crippen LogP contribution in [0, 0.1) is 5.41 Å². The van der Waals surface area contributed by atoms with E-state index in [1.54, 1.807) is 13.8 Å². The van der Waals surface area contributed by atoms with Gasteiger partial charge in [0.05, 0.1) is 13.2 Å². The molecule has 1 fully saturated rings. The molecule has 0 radical (unpaired) electrons. The normalized spacial score (nSPS) is 15.7. The van der Waals surface area contributed by atoms with E-state index < -0.39 is 5.41 Å². The summed E-state index contributed by atoms with van der Waals surface area (Å²) in [5.41, 5.74) is 0.776. The largest absolute Gasteiger partial charge is 0.379 e. The first-order valence-electron chi connectivity index (χ1n) is 9.30.